The van der Waals surface area contributed by atoms with Crippen LogP contribution in [0.1, 0.15) is 31.0 Å². The van der Waals surface area contributed by atoms with Crippen LogP contribution in [0, 0.1) is 6.92 Å². The minimum Gasteiger partial charge on any atom is -0.340 e. The van der Waals surface area contributed by atoms with Crippen LogP contribution >= 0.6 is 0 Å². The van der Waals surface area contributed by atoms with Gasteiger partial charge in [0.25, 0.3) is 0 Å². The Balaban J connectivity index is 1.76. The van der Waals surface area contributed by atoms with Gasteiger partial charge in [0.05, 0.1) is 6.54 Å². The quantitative estimate of drug-likeness (QED) is 0.765. The minimum atomic E-state index is 0.582. The molecule has 2 heterocycles. The highest BCUT2D eigenvalue weighted by Gasteiger charge is 2.12. The van der Waals surface area contributed by atoms with Gasteiger partial charge in [-0.2, -0.15) is 4.98 Å². The Morgan fingerprint density at radius 2 is 2.40 bits per heavy atom. The van der Waals surface area contributed by atoms with E-state index in [2.05, 4.69) is 20.8 Å². The van der Waals surface area contributed by atoms with Crippen molar-refractivity contribution < 1.29 is 4.52 Å². The zero-order valence-electron chi connectivity index (χ0n) is 9.12. The van der Waals surface area contributed by atoms with Crippen LogP contribution in [0.2, 0.25) is 0 Å². The first kappa shape index (κ1) is 10.6. The molecule has 1 saturated heterocycles. The first-order valence-corrected chi connectivity index (χ1v) is 5.58. The van der Waals surface area contributed by atoms with E-state index in [1.807, 2.05) is 6.92 Å². The zero-order valence-corrected chi connectivity index (χ0v) is 9.12. The van der Waals surface area contributed by atoms with E-state index in [9.17, 15) is 0 Å². The Labute approximate surface area is 89.6 Å². The zero-order chi connectivity index (χ0) is 10.5. The molecule has 1 aromatic heterocycles. The third-order valence-electron chi connectivity index (χ3n) is 2.69. The Bertz CT molecular complexity index is 291. The summed E-state index contributed by atoms with van der Waals surface area (Å²) in [5, 5.41) is 10.7. The van der Waals surface area contributed by atoms with Gasteiger partial charge in [-0.25, -0.2) is 0 Å². The average Bonchev–Trinajstić information content (AvgIpc) is 2.52. The number of hydrogen-bond donors (Lipinski definition) is 2. The molecule has 0 spiro atoms. The van der Waals surface area contributed by atoms with E-state index in [1.165, 1.54) is 19.3 Å². The highest BCUT2D eigenvalue weighted by Crippen LogP contribution is 2.05. The van der Waals surface area contributed by atoms with Crippen molar-refractivity contribution in [2.75, 3.05) is 13.1 Å². The van der Waals surface area contributed by atoms with Gasteiger partial charge in [0.15, 0.2) is 5.82 Å². The molecule has 0 aromatic carbocycles. The summed E-state index contributed by atoms with van der Waals surface area (Å²) in [6, 6.07) is 0.582. The van der Waals surface area contributed by atoms with Gasteiger partial charge < -0.3 is 15.2 Å². The molecule has 0 bridgehead atoms. The number of hydrogen-bond acceptors (Lipinski definition) is 5. The van der Waals surface area contributed by atoms with Crippen molar-refractivity contribution in [1.82, 2.24) is 20.8 Å². The predicted octanol–water partition coefficient (Wildman–Crippen LogP) is 0.610. The molecular weight excluding hydrogens is 192 g/mol. The maximum atomic E-state index is 4.92. The van der Waals surface area contributed by atoms with Gasteiger partial charge in [0.1, 0.15) is 0 Å². The Morgan fingerprint density at radius 3 is 3.20 bits per heavy atom. The second-order valence-corrected chi connectivity index (χ2v) is 3.99. The molecule has 1 unspecified atom stereocenters. The minimum absolute atomic E-state index is 0.582. The first-order chi connectivity index (χ1) is 7.34. The van der Waals surface area contributed by atoms with Crippen molar-refractivity contribution in [2.45, 2.75) is 38.8 Å². The molecule has 0 radical (unpaired) electrons. The molecule has 1 aliphatic heterocycles. The molecule has 0 saturated carbocycles. The molecule has 5 heteroatoms. The standard InChI is InChI=1S/C10H18N4O/c1-8-13-10(14-15-8)7-12-9-3-2-5-11-6-4-9/h9,11-12H,2-7H2,1H3. The van der Waals surface area contributed by atoms with E-state index < -0.39 is 0 Å². The second-order valence-electron chi connectivity index (χ2n) is 3.99. The largest absolute Gasteiger partial charge is 0.340 e. The molecule has 0 aliphatic carbocycles. The molecular formula is C10H18N4O. The highest BCUT2D eigenvalue weighted by atomic mass is 16.5. The molecule has 84 valence electrons. The van der Waals surface area contributed by atoms with Crippen LogP contribution in [0.3, 0.4) is 0 Å². The van der Waals surface area contributed by atoms with Gasteiger partial charge in [-0.05, 0) is 32.4 Å². The molecule has 0 amide bonds. The van der Waals surface area contributed by atoms with Crippen LogP contribution in [0.15, 0.2) is 4.52 Å². The molecule has 1 aliphatic rings. The van der Waals surface area contributed by atoms with Crippen molar-refractivity contribution in [3.63, 3.8) is 0 Å². The topological polar surface area (TPSA) is 63.0 Å². The van der Waals surface area contributed by atoms with Gasteiger partial charge in [0, 0.05) is 13.0 Å². The van der Waals surface area contributed by atoms with Crippen LogP contribution in [0.5, 0.6) is 0 Å². The molecule has 1 aromatic rings. The lowest BCUT2D eigenvalue weighted by Gasteiger charge is -2.13. The van der Waals surface area contributed by atoms with Crippen LogP contribution in [0.4, 0.5) is 0 Å². The fourth-order valence-corrected chi connectivity index (χ4v) is 1.87. The molecule has 15 heavy (non-hydrogen) atoms. The van der Waals surface area contributed by atoms with E-state index in [0.29, 0.717) is 18.5 Å². The Morgan fingerprint density at radius 1 is 1.47 bits per heavy atom. The summed E-state index contributed by atoms with van der Waals surface area (Å²) in [5.41, 5.74) is 0. The van der Waals surface area contributed by atoms with E-state index in [1.54, 1.807) is 0 Å². The molecule has 1 atom stereocenters. The van der Waals surface area contributed by atoms with Gasteiger partial charge in [-0.3, -0.25) is 0 Å². The van der Waals surface area contributed by atoms with Gasteiger partial charge in [0.2, 0.25) is 5.89 Å². The van der Waals surface area contributed by atoms with Crippen molar-refractivity contribution in [2.24, 2.45) is 0 Å². The van der Waals surface area contributed by atoms with Gasteiger partial charge >= 0.3 is 0 Å². The number of nitrogens with zero attached hydrogens (tertiary/aromatic N) is 2. The normalized spacial score (nSPS) is 22.6. The predicted molar refractivity (Wildman–Crippen MR) is 56.4 cm³/mol. The van der Waals surface area contributed by atoms with Crippen molar-refractivity contribution in [3.8, 4) is 0 Å². The fraction of sp³-hybridized carbons (Fsp3) is 0.800. The lowest BCUT2D eigenvalue weighted by molar-refractivity contribution is 0.381. The molecule has 1 fully saturated rings. The van der Waals surface area contributed by atoms with Crippen LogP contribution in [0.25, 0.3) is 0 Å². The number of aryl methyl sites for hydroxylation is 1. The van der Waals surface area contributed by atoms with Crippen LogP contribution < -0.4 is 10.6 Å². The summed E-state index contributed by atoms with van der Waals surface area (Å²) >= 11 is 0. The molecule has 2 rings (SSSR count). The Hall–Kier alpha value is -0.940. The number of rotatable bonds is 3. The maximum Gasteiger partial charge on any atom is 0.223 e. The van der Waals surface area contributed by atoms with E-state index in [4.69, 9.17) is 4.52 Å². The molecule has 5 nitrogen and oxygen atoms in total. The fourth-order valence-electron chi connectivity index (χ4n) is 1.87. The van der Waals surface area contributed by atoms with Crippen LogP contribution in [-0.2, 0) is 6.54 Å². The summed E-state index contributed by atoms with van der Waals surface area (Å²) in [5.74, 6) is 1.39. The number of nitrogens with one attached hydrogen (secondary N) is 2. The van der Waals surface area contributed by atoms with Crippen molar-refractivity contribution >= 4 is 0 Å². The first-order valence-electron chi connectivity index (χ1n) is 5.58. The summed E-state index contributed by atoms with van der Waals surface area (Å²) in [7, 11) is 0. The Kier molecular flexibility index (Phi) is 3.69. The smallest absolute Gasteiger partial charge is 0.223 e. The van der Waals surface area contributed by atoms with Crippen molar-refractivity contribution in [3.05, 3.63) is 11.7 Å². The number of aromatic nitrogens is 2. The van der Waals surface area contributed by atoms with Crippen molar-refractivity contribution in [1.29, 1.82) is 0 Å². The third kappa shape index (κ3) is 3.28. The monoisotopic (exact) mass is 210 g/mol. The average molecular weight is 210 g/mol. The third-order valence-corrected chi connectivity index (χ3v) is 2.69. The summed E-state index contributed by atoms with van der Waals surface area (Å²) < 4.78 is 4.92. The SMILES string of the molecule is Cc1nc(CNC2CCCNCC2)no1. The maximum absolute atomic E-state index is 4.92. The van der Waals surface area contributed by atoms with E-state index >= 15 is 0 Å². The summed E-state index contributed by atoms with van der Waals surface area (Å²) in [6.45, 7) is 4.76. The van der Waals surface area contributed by atoms with E-state index in [0.717, 1.165) is 18.9 Å². The second kappa shape index (κ2) is 5.23. The van der Waals surface area contributed by atoms with Gasteiger partial charge in [-0.15, -0.1) is 0 Å². The van der Waals surface area contributed by atoms with Gasteiger partial charge in [-0.1, -0.05) is 5.16 Å². The van der Waals surface area contributed by atoms with Crippen LogP contribution in [-0.4, -0.2) is 29.3 Å². The highest BCUT2D eigenvalue weighted by molar-refractivity contribution is 4.84. The molecule has 2 N–H and O–H groups in total. The summed E-state index contributed by atoms with van der Waals surface area (Å²) in [4.78, 5) is 4.16. The lowest BCUT2D eigenvalue weighted by atomic mass is 10.1. The summed E-state index contributed by atoms with van der Waals surface area (Å²) in [6.07, 6.45) is 3.64. The lowest BCUT2D eigenvalue weighted by Crippen LogP contribution is -2.29. The van der Waals surface area contributed by atoms with E-state index in [-0.39, 0.29) is 0 Å².